The Morgan fingerprint density at radius 1 is 1.17 bits per heavy atom. The lowest BCUT2D eigenvalue weighted by atomic mass is 10.1. The Hall–Kier alpha value is -2.21. The highest BCUT2D eigenvalue weighted by Gasteiger charge is 2.22. The first-order valence-electron chi connectivity index (χ1n) is 7.64. The molecule has 0 bridgehead atoms. The van der Waals surface area contributed by atoms with Gasteiger partial charge >= 0.3 is 5.97 Å². The van der Waals surface area contributed by atoms with Crippen molar-refractivity contribution in [1.82, 2.24) is 4.98 Å². The van der Waals surface area contributed by atoms with E-state index in [1.54, 1.807) is 27.9 Å². The maximum absolute atomic E-state index is 12.6. The van der Waals surface area contributed by atoms with Crippen molar-refractivity contribution in [3.63, 3.8) is 0 Å². The first-order chi connectivity index (χ1) is 11.5. The summed E-state index contributed by atoms with van der Waals surface area (Å²) in [4.78, 5) is 28.4. The lowest BCUT2D eigenvalue weighted by molar-refractivity contribution is 0.0519. The van der Waals surface area contributed by atoms with Gasteiger partial charge in [-0.2, -0.15) is 0 Å². The van der Waals surface area contributed by atoms with Gasteiger partial charge in [-0.1, -0.05) is 0 Å². The molecule has 1 N–H and O–H groups in total. The van der Waals surface area contributed by atoms with Gasteiger partial charge in [0.25, 0.3) is 0 Å². The van der Waals surface area contributed by atoms with Crippen molar-refractivity contribution in [2.24, 2.45) is 0 Å². The zero-order chi connectivity index (χ0) is 17.7. The lowest BCUT2D eigenvalue weighted by Gasteiger charge is -2.04. The number of aromatic amines is 1. The molecular formula is C18H21NO4S. The van der Waals surface area contributed by atoms with Crippen LogP contribution in [0.1, 0.15) is 39.0 Å². The van der Waals surface area contributed by atoms with Crippen molar-refractivity contribution >= 4 is 23.5 Å². The summed E-state index contributed by atoms with van der Waals surface area (Å²) >= 11 is 1.45. The molecule has 24 heavy (non-hydrogen) atoms. The van der Waals surface area contributed by atoms with Crippen LogP contribution in [0.25, 0.3) is 0 Å². The van der Waals surface area contributed by atoms with E-state index in [1.807, 2.05) is 24.3 Å². The minimum atomic E-state index is -0.431. The summed E-state index contributed by atoms with van der Waals surface area (Å²) in [6, 6.07) is 7.55. The van der Waals surface area contributed by atoms with Crippen LogP contribution in [-0.2, 0) is 4.74 Å². The molecule has 0 saturated carbocycles. The molecule has 2 aromatic rings. The number of thioether (sulfide) groups is 1. The minimum absolute atomic E-state index is 0.0161. The Kier molecular flexibility index (Phi) is 6.09. The predicted molar refractivity (Wildman–Crippen MR) is 94.3 cm³/mol. The lowest BCUT2D eigenvalue weighted by Crippen LogP contribution is -2.08. The number of ether oxygens (including phenoxy) is 2. The molecule has 0 fully saturated rings. The molecule has 6 heteroatoms. The summed E-state index contributed by atoms with van der Waals surface area (Å²) in [5.74, 6) is 0.633. The average molecular weight is 347 g/mol. The third-order valence-corrected chi connectivity index (χ3v) is 4.64. The van der Waals surface area contributed by atoms with Crippen LogP contribution in [0.4, 0.5) is 0 Å². The molecule has 1 aromatic carbocycles. The second-order valence-corrected chi connectivity index (χ2v) is 6.28. The van der Waals surface area contributed by atoms with Crippen LogP contribution in [-0.4, -0.2) is 36.2 Å². The number of aromatic nitrogens is 1. The molecule has 0 aliphatic carbocycles. The Morgan fingerprint density at radius 2 is 1.83 bits per heavy atom. The largest absolute Gasteiger partial charge is 0.497 e. The highest BCUT2D eigenvalue weighted by Crippen LogP contribution is 2.25. The van der Waals surface area contributed by atoms with E-state index in [-0.39, 0.29) is 5.78 Å². The van der Waals surface area contributed by atoms with Crippen molar-refractivity contribution in [2.45, 2.75) is 25.7 Å². The quantitative estimate of drug-likeness (QED) is 0.469. The highest BCUT2D eigenvalue weighted by atomic mass is 32.2. The number of carbonyl (C=O) groups excluding carboxylic acids is 2. The van der Waals surface area contributed by atoms with E-state index in [2.05, 4.69) is 4.98 Å². The van der Waals surface area contributed by atoms with Gasteiger partial charge in [-0.05, 0) is 50.6 Å². The van der Waals surface area contributed by atoms with E-state index in [4.69, 9.17) is 9.47 Å². The van der Waals surface area contributed by atoms with Gasteiger partial charge in [-0.15, -0.1) is 11.8 Å². The zero-order valence-electron chi connectivity index (χ0n) is 14.3. The van der Waals surface area contributed by atoms with Crippen LogP contribution in [0, 0.1) is 13.8 Å². The molecule has 0 amide bonds. The van der Waals surface area contributed by atoms with E-state index in [9.17, 15) is 9.59 Å². The maximum atomic E-state index is 12.6. The standard InChI is InChI=1S/C18H21NO4S/c1-5-23-18(21)17-11(2)16(12(3)19-17)15(20)10-24-14-8-6-13(22-4)7-9-14/h6-9,19H,5,10H2,1-4H3. The molecule has 0 atom stereocenters. The number of H-pyrrole nitrogens is 1. The Labute approximate surface area is 145 Å². The molecule has 1 heterocycles. The summed E-state index contributed by atoms with van der Waals surface area (Å²) in [6.45, 7) is 5.61. The van der Waals surface area contributed by atoms with Crippen molar-refractivity contribution in [3.05, 3.63) is 46.8 Å². The van der Waals surface area contributed by atoms with Gasteiger partial charge < -0.3 is 14.5 Å². The summed E-state index contributed by atoms with van der Waals surface area (Å²) in [7, 11) is 1.62. The SMILES string of the molecule is CCOC(=O)c1[nH]c(C)c(C(=O)CSc2ccc(OC)cc2)c1C. The van der Waals surface area contributed by atoms with E-state index in [0.717, 1.165) is 10.6 Å². The molecule has 128 valence electrons. The minimum Gasteiger partial charge on any atom is -0.497 e. The van der Waals surface area contributed by atoms with Crippen LogP contribution in [0.15, 0.2) is 29.2 Å². The summed E-state index contributed by atoms with van der Waals surface area (Å²) in [5.41, 5.74) is 2.26. The van der Waals surface area contributed by atoms with Gasteiger partial charge in [-0.3, -0.25) is 4.79 Å². The molecular weight excluding hydrogens is 326 g/mol. The smallest absolute Gasteiger partial charge is 0.355 e. The summed E-state index contributed by atoms with van der Waals surface area (Å²) < 4.78 is 10.1. The number of carbonyl (C=O) groups is 2. The van der Waals surface area contributed by atoms with Crippen molar-refractivity contribution in [2.75, 3.05) is 19.5 Å². The Balaban J connectivity index is 2.10. The number of nitrogens with one attached hydrogen (secondary N) is 1. The van der Waals surface area contributed by atoms with Gasteiger partial charge in [0.15, 0.2) is 5.78 Å². The van der Waals surface area contributed by atoms with Crippen molar-refractivity contribution in [3.8, 4) is 5.75 Å². The molecule has 1 aromatic heterocycles. The fourth-order valence-corrected chi connectivity index (χ4v) is 3.24. The fraction of sp³-hybridized carbons (Fsp3) is 0.333. The highest BCUT2D eigenvalue weighted by molar-refractivity contribution is 8.00. The van der Waals surface area contributed by atoms with Crippen LogP contribution < -0.4 is 4.74 Å². The maximum Gasteiger partial charge on any atom is 0.355 e. The van der Waals surface area contributed by atoms with Crippen LogP contribution in [0.3, 0.4) is 0 Å². The van der Waals surface area contributed by atoms with Crippen LogP contribution in [0.5, 0.6) is 5.75 Å². The summed E-state index contributed by atoms with van der Waals surface area (Å²) in [6.07, 6.45) is 0. The van der Waals surface area contributed by atoms with Crippen LogP contribution in [0.2, 0.25) is 0 Å². The number of methoxy groups -OCH3 is 1. The van der Waals surface area contributed by atoms with Gasteiger partial charge in [0.2, 0.25) is 0 Å². The third kappa shape index (κ3) is 4.00. The normalized spacial score (nSPS) is 10.5. The van der Waals surface area contributed by atoms with Crippen molar-refractivity contribution < 1.29 is 19.1 Å². The fourth-order valence-electron chi connectivity index (χ4n) is 2.47. The topological polar surface area (TPSA) is 68.4 Å². The van der Waals surface area contributed by atoms with Gasteiger partial charge in [0.1, 0.15) is 11.4 Å². The molecule has 0 aliphatic rings. The van der Waals surface area contributed by atoms with Gasteiger partial charge in [0, 0.05) is 16.2 Å². The average Bonchev–Trinajstić information content (AvgIpc) is 2.88. The van der Waals surface area contributed by atoms with Crippen molar-refractivity contribution in [1.29, 1.82) is 0 Å². The molecule has 0 radical (unpaired) electrons. The predicted octanol–water partition coefficient (Wildman–Crippen LogP) is 3.79. The number of ketones is 1. The molecule has 0 aliphatic heterocycles. The number of Topliss-reactive ketones (excluding diaryl/α,β-unsaturated/α-hetero) is 1. The van der Waals surface area contributed by atoms with E-state index in [1.165, 1.54) is 11.8 Å². The number of benzene rings is 1. The molecule has 5 nitrogen and oxygen atoms in total. The second kappa shape index (κ2) is 8.06. The van der Waals surface area contributed by atoms with Gasteiger partial charge in [0.05, 0.1) is 19.5 Å². The number of rotatable bonds is 7. The Morgan fingerprint density at radius 3 is 2.42 bits per heavy atom. The van der Waals surface area contributed by atoms with Crippen LogP contribution >= 0.6 is 11.8 Å². The zero-order valence-corrected chi connectivity index (χ0v) is 15.1. The van der Waals surface area contributed by atoms with E-state index >= 15 is 0 Å². The first kappa shape index (κ1) is 18.1. The Bertz CT molecular complexity index is 734. The number of aryl methyl sites for hydroxylation is 1. The number of hydrogen-bond donors (Lipinski definition) is 1. The number of hydrogen-bond acceptors (Lipinski definition) is 5. The van der Waals surface area contributed by atoms with E-state index in [0.29, 0.717) is 34.9 Å². The van der Waals surface area contributed by atoms with E-state index < -0.39 is 5.97 Å². The molecule has 0 unspecified atom stereocenters. The number of esters is 1. The van der Waals surface area contributed by atoms with Gasteiger partial charge in [-0.25, -0.2) is 4.79 Å². The first-order valence-corrected chi connectivity index (χ1v) is 8.62. The monoisotopic (exact) mass is 347 g/mol. The second-order valence-electron chi connectivity index (χ2n) is 5.23. The molecule has 0 saturated heterocycles. The third-order valence-electron chi connectivity index (χ3n) is 3.63. The molecule has 2 rings (SSSR count). The summed E-state index contributed by atoms with van der Waals surface area (Å²) in [5, 5.41) is 0. The molecule has 0 spiro atoms.